The van der Waals surface area contributed by atoms with Gasteiger partial charge in [-0.1, -0.05) is 0 Å². The third kappa shape index (κ3) is 5.42. The summed E-state index contributed by atoms with van der Waals surface area (Å²) in [7, 11) is 2.76. The number of fused-ring (bicyclic) bond motifs is 5. The molecule has 42 heavy (non-hydrogen) atoms. The second kappa shape index (κ2) is 11.6. The van der Waals surface area contributed by atoms with E-state index in [0.717, 1.165) is 67.5 Å². The Morgan fingerprint density at radius 2 is 1.45 bits per heavy atom. The van der Waals surface area contributed by atoms with E-state index in [1.807, 2.05) is 58.1 Å². The molecule has 0 aromatic carbocycles. The molecule has 8 bridgehead atoms. The smallest absolute Gasteiger partial charge is 0.305 e. The van der Waals surface area contributed by atoms with Crippen molar-refractivity contribution in [2.45, 2.75) is 53.4 Å². The van der Waals surface area contributed by atoms with Gasteiger partial charge in [-0.15, -0.1) is 0 Å². The number of ether oxygens (including phenoxy) is 2. The number of hydrogen-bond donors (Lipinski definition) is 2. The van der Waals surface area contributed by atoms with E-state index < -0.39 is 0 Å². The molecule has 4 aliphatic heterocycles. The van der Waals surface area contributed by atoms with Gasteiger partial charge >= 0.3 is 11.9 Å². The first-order valence-corrected chi connectivity index (χ1v) is 13.8. The number of carbonyl (C=O) groups excluding carboxylic acids is 2. The Kier molecular flexibility index (Phi) is 7.93. The van der Waals surface area contributed by atoms with Gasteiger partial charge in [0.25, 0.3) is 0 Å². The molecule has 216 valence electrons. The summed E-state index contributed by atoms with van der Waals surface area (Å²) in [6, 6.07) is 2.04. The van der Waals surface area contributed by atoms with Crippen LogP contribution < -0.4 is 10.7 Å². The van der Waals surface area contributed by atoms with Crippen LogP contribution in [0.4, 0.5) is 0 Å². The molecular formula is C33H34N4O5. The zero-order chi connectivity index (χ0) is 30.1. The Morgan fingerprint density at radius 3 is 2.12 bits per heavy atom. The van der Waals surface area contributed by atoms with Crippen molar-refractivity contribution in [1.82, 2.24) is 4.98 Å². The van der Waals surface area contributed by atoms with Crippen molar-refractivity contribution in [2.75, 3.05) is 14.2 Å². The summed E-state index contributed by atoms with van der Waals surface area (Å²) in [6.45, 7) is 7.91. The lowest BCUT2D eigenvalue weighted by atomic mass is 9.96. The van der Waals surface area contributed by atoms with Gasteiger partial charge in [0.2, 0.25) is 0 Å². The molecule has 5 heterocycles. The van der Waals surface area contributed by atoms with Crippen molar-refractivity contribution in [3.63, 3.8) is 0 Å². The highest BCUT2D eigenvalue weighted by atomic mass is 16.5. The molecule has 0 saturated heterocycles. The number of aliphatic imine (C=N–C) groups is 3. The summed E-state index contributed by atoms with van der Waals surface area (Å²) >= 11 is 0. The molecule has 4 aliphatic rings. The number of nitrogens with one attached hydrogen (secondary N) is 1. The number of rotatable bonds is 6. The Balaban J connectivity index is 1.75. The van der Waals surface area contributed by atoms with Crippen LogP contribution in [0.1, 0.15) is 52.0 Å². The van der Waals surface area contributed by atoms with Crippen LogP contribution in [0.15, 0.2) is 90.0 Å². The molecule has 0 fully saturated rings. The van der Waals surface area contributed by atoms with Crippen molar-refractivity contribution >= 4 is 41.2 Å². The molecule has 5 rings (SSSR count). The first-order chi connectivity index (χ1) is 20.1. The van der Waals surface area contributed by atoms with E-state index in [0.29, 0.717) is 35.5 Å². The van der Waals surface area contributed by atoms with E-state index in [4.69, 9.17) is 24.5 Å². The fraction of sp³-hybridized carbons (Fsp3) is 0.303. The highest BCUT2D eigenvalue weighted by Gasteiger charge is 2.27. The maximum atomic E-state index is 12.1. The average Bonchev–Trinajstić information content (AvgIpc) is 3.65. The van der Waals surface area contributed by atoms with Gasteiger partial charge in [0, 0.05) is 29.1 Å². The minimum atomic E-state index is -0.305. The zero-order valence-corrected chi connectivity index (χ0v) is 24.7. The Labute approximate surface area is 244 Å². The number of H-pyrrole nitrogens is 1. The number of aromatic amines is 1. The molecule has 0 unspecified atom stereocenters. The summed E-state index contributed by atoms with van der Waals surface area (Å²) in [5, 5.41) is 11.8. The third-order valence-corrected chi connectivity index (χ3v) is 8.02. The number of hydrogen-bond acceptors (Lipinski definition) is 8. The predicted molar refractivity (Wildman–Crippen MR) is 163 cm³/mol. The summed E-state index contributed by atoms with van der Waals surface area (Å²) in [5.41, 5.74) is 10.5. The molecule has 0 atom stereocenters. The average molecular weight is 567 g/mol. The minimum absolute atomic E-state index is 0.204. The van der Waals surface area contributed by atoms with Gasteiger partial charge in [0.15, 0.2) is 0 Å². The fourth-order valence-corrected chi connectivity index (χ4v) is 5.45. The first kappa shape index (κ1) is 28.7. The van der Waals surface area contributed by atoms with Gasteiger partial charge in [0.05, 0.1) is 54.7 Å². The van der Waals surface area contributed by atoms with Crippen LogP contribution >= 0.6 is 0 Å². The van der Waals surface area contributed by atoms with Crippen LogP contribution in [0.25, 0.3) is 12.2 Å². The summed E-state index contributed by atoms with van der Waals surface area (Å²) in [6.07, 6.45) is 10.2. The van der Waals surface area contributed by atoms with Crippen LogP contribution in [-0.4, -0.2) is 53.4 Å². The Morgan fingerprint density at radius 1 is 0.786 bits per heavy atom. The lowest BCUT2D eigenvalue weighted by Crippen LogP contribution is -2.15. The molecule has 0 saturated carbocycles. The topological polar surface area (TPSA) is 126 Å². The van der Waals surface area contributed by atoms with Crippen LogP contribution in [0.2, 0.25) is 0 Å². The van der Waals surface area contributed by atoms with Crippen molar-refractivity contribution in [2.24, 2.45) is 15.0 Å². The zero-order valence-electron chi connectivity index (χ0n) is 24.7. The first-order valence-electron chi connectivity index (χ1n) is 13.8. The van der Waals surface area contributed by atoms with Crippen LogP contribution in [-0.2, 0) is 19.1 Å². The molecule has 0 spiro atoms. The molecule has 2 N–H and O–H groups in total. The molecule has 9 nitrogen and oxygen atoms in total. The SMILES string of the molecule is COC(=O)CCC1=C(C)C2=NC1=CC1=NC(=CC3=C(C)/C(=C\O)C(=N3)C=c3[nH]c(cc3C)=C2)C(C)=C1CCC(=O)OC. The van der Waals surface area contributed by atoms with Crippen molar-refractivity contribution in [3.05, 3.63) is 91.3 Å². The number of aryl methyl sites for hydroxylation is 1. The van der Waals surface area contributed by atoms with E-state index in [9.17, 15) is 14.7 Å². The van der Waals surface area contributed by atoms with Crippen molar-refractivity contribution < 1.29 is 24.2 Å². The molecule has 1 aromatic rings. The summed E-state index contributed by atoms with van der Waals surface area (Å²) in [4.78, 5) is 42.4. The van der Waals surface area contributed by atoms with Gasteiger partial charge in [-0.2, -0.15) is 0 Å². The maximum Gasteiger partial charge on any atom is 0.305 e. The lowest BCUT2D eigenvalue weighted by Gasteiger charge is -2.08. The number of allylic oxidation sites excluding steroid dienone is 8. The minimum Gasteiger partial charge on any atom is -0.515 e. The van der Waals surface area contributed by atoms with E-state index in [1.165, 1.54) is 14.2 Å². The van der Waals surface area contributed by atoms with Gasteiger partial charge in [-0.05, 0) is 104 Å². The van der Waals surface area contributed by atoms with Gasteiger partial charge in [-0.3, -0.25) is 9.59 Å². The lowest BCUT2D eigenvalue weighted by molar-refractivity contribution is -0.141. The van der Waals surface area contributed by atoms with Crippen molar-refractivity contribution in [3.8, 4) is 0 Å². The number of carbonyl (C=O) groups is 2. The molecule has 0 aliphatic carbocycles. The number of aliphatic hydroxyl groups excluding tert-OH is 1. The quantitative estimate of drug-likeness (QED) is 0.393. The fourth-order valence-electron chi connectivity index (χ4n) is 5.45. The number of methoxy groups -OCH3 is 2. The monoisotopic (exact) mass is 566 g/mol. The van der Waals surface area contributed by atoms with Gasteiger partial charge < -0.3 is 19.6 Å². The van der Waals surface area contributed by atoms with Gasteiger partial charge in [-0.25, -0.2) is 15.0 Å². The van der Waals surface area contributed by atoms with E-state index in [-0.39, 0.29) is 24.8 Å². The van der Waals surface area contributed by atoms with E-state index in [1.54, 1.807) is 0 Å². The number of nitrogens with zero attached hydrogens (tertiary/aromatic N) is 3. The van der Waals surface area contributed by atoms with E-state index >= 15 is 0 Å². The largest absolute Gasteiger partial charge is 0.515 e. The Hall–Kier alpha value is -4.79. The summed E-state index contributed by atoms with van der Waals surface area (Å²) < 4.78 is 9.81. The van der Waals surface area contributed by atoms with Crippen LogP contribution in [0, 0.1) is 6.92 Å². The number of esters is 2. The van der Waals surface area contributed by atoms with Gasteiger partial charge in [0.1, 0.15) is 0 Å². The molecule has 9 heteroatoms. The molecular weight excluding hydrogens is 532 g/mol. The highest BCUT2D eigenvalue weighted by molar-refractivity contribution is 6.25. The predicted octanol–water partition coefficient (Wildman–Crippen LogP) is 4.28. The summed E-state index contributed by atoms with van der Waals surface area (Å²) in [5.74, 6) is -0.597. The van der Waals surface area contributed by atoms with Crippen LogP contribution in [0.3, 0.4) is 0 Å². The standard InChI is InChI=1S/C33H34N4O5/c1-17-11-21-12-26-18(2)22(7-9-32(39)41-5)29(35-26)15-30-23(8-10-33(40)42-6)19(3)27(36-30)14-28-20(4)24(16-38)31(37-28)13-25(17)34-21/h11-16,34,38H,7-10H2,1-6H3/b21-12?,24-16+,25-13?,27-14?,29-15?. The van der Waals surface area contributed by atoms with Crippen LogP contribution in [0.5, 0.6) is 0 Å². The second-order valence-corrected chi connectivity index (χ2v) is 10.6. The third-order valence-electron chi connectivity index (χ3n) is 8.02. The molecule has 1 aromatic heterocycles. The second-order valence-electron chi connectivity index (χ2n) is 10.6. The number of aromatic nitrogens is 1. The maximum absolute atomic E-state index is 12.1. The Bertz CT molecular complexity index is 1820. The molecule has 0 radical (unpaired) electrons. The normalized spacial score (nSPS) is 18.8. The van der Waals surface area contributed by atoms with E-state index in [2.05, 4.69) is 4.98 Å². The highest BCUT2D eigenvalue weighted by Crippen LogP contribution is 2.36. The van der Waals surface area contributed by atoms with Crippen molar-refractivity contribution in [1.29, 1.82) is 0 Å². The molecule has 0 amide bonds. The number of aliphatic hydroxyl groups is 1.